The predicted octanol–water partition coefficient (Wildman–Crippen LogP) is 2.98. The van der Waals surface area contributed by atoms with Gasteiger partial charge in [-0.15, -0.1) is 5.10 Å². The molecule has 1 heterocycles. The Balaban J connectivity index is 1.96. The highest BCUT2D eigenvalue weighted by atomic mass is 35.5. The summed E-state index contributed by atoms with van der Waals surface area (Å²) < 4.78 is 1.03. The fourth-order valence-corrected chi connectivity index (χ4v) is 2.32. The number of benzene rings is 2. The van der Waals surface area contributed by atoms with Crippen molar-refractivity contribution >= 4 is 39.9 Å². The Kier molecular flexibility index (Phi) is 3.92. The van der Waals surface area contributed by atoms with Gasteiger partial charge in [-0.25, -0.2) is 4.68 Å². The van der Waals surface area contributed by atoms with Crippen molar-refractivity contribution in [1.29, 1.82) is 0 Å². The van der Waals surface area contributed by atoms with Crippen molar-refractivity contribution in [2.45, 2.75) is 6.54 Å². The molecule has 0 bridgehead atoms. The molecule has 3 aromatic rings. The first kappa shape index (κ1) is 14.7. The predicted molar refractivity (Wildman–Crippen MR) is 84.6 cm³/mol. The average Bonchev–Trinajstić information content (AvgIpc) is 2.53. The van der Waals surface area contributed by atoms with Crippen LogP contribution in [0.15, 0.2) is 47.3 Å². The van der Waals surface area contributed by atoms with Crippen LogP contribution in [0.4, 0.5) is 0 Å². The third-order valence-electron chi connectivity index (χ3n) is 3.16. The topological polar surface area (TPSA) is 64.8 Å². The smallest absolute Gasteiger partial charge is 0.278 e. The van der Waals surface area contributed by atoms with Crippen molar-refractivity contribution in [3.8, 4) is 0 Å². The molecule has 0 radical (unpaired) electrons. The van der Waals surface area contributed by atoms with Gasteiger partial charge in [0.1, 0.15) is 12.1 Å². The Morgan fingerprint density at radius 1 is 1.09 bits per heavy atom. The molecule has 7 heteroatoms. The SMILES string of the molecule is O=C(Cn1nnc2ccccc2c1=O)c1ccc(Cl)c(Cl)c1. The molecule has 0 fully saturated rings. The first-order valence-electron chi connectivity index (χ1n) is 6.37. The van der Waals surface area contributed by atoms with Crippen molar-refractivity contribution in [1.82, 2.24) is 15.0 Å². The normalized spacial score (nSPS) is 10.8. The highest BCUT2D eigenvalue weighted by Crippen LogP contribution is 2.22. The van der Waals surface area contributed by atoms with Crippen molar-refractivity contribution in [3.05, 3.63) is 68.4 Å². The number of aromatic nitrogens is 3. The van der Waals surface area contributed by atoms with E-state index in [9.17, 15) is 9.59 Å². The number of rotatable bonds is 3. The molecular weight excluding hydrogens is 325 g/mol. The molecule has 22 heavy (non-hydrogen) atoms. The monoisotopic (exact) mass is 333 g/mol. The Morgan fingerprint density at radius 2 is 1.86 bits per heavy atom. The molecule has 0 aliphatic heterocycles. The number of Topliss-reactive ketones (excluding diaryl/α,β-unsaturated/α-hetero) is 1. The van der Waals surface area contributed by atoms with E-state index in [1.807, 2.05) is 0 Å². The molecule has 0 spiro atoms. The van der Waals surface area contributed by atoms with Crippen LogP contribution in [0.3, 0.4) is 0 Å². The Morgan fingerprint density at radius 3 is 2.64 bits per heavy atom. The van der Waals surface area contributed by atoms with Gasteiger partial charge in [-0.1, -0.05) is 40.5 Å². The zero-order chi connectivity index (χ0) is 15.7. The number of carbonyl (C=O) groups is 1. The first-order chi connectivity index (χ1) is 10.6. The second-order valence-corrected chi connectivity index (χ2v) is 5.44. The molecule has 0 saturated carbocycles. The van der Waals surface area contributed by atoms with Crippen LogP contribution in [0.1, 0.15) is 10.4 Å². The Labute approximate surface area is 135 Å². The number of hydrogen-bond donors (Lipinski definition) is 0. The molecule has 1 aromatic heterocycles. The summed E-state index contributed by atoms with van der Waals surface area (Å²) in [5.41, 5.74) is 0.487. The zero-order valence-electron chi connectivity index (χ0n) is 11.2. The van der Waals surface area contributed by atoms with Crippen molar-refractivity contribution in [3.63, 3.8) is 0 Å². The summed E-state index contributed by atoms with van der Waals surface area (Å²) in [5, 5.41) is 8.78. The molecule has 2 aromatic carbocycles. The van der Waals surface area contributed by atoms with E-state index in [4.69, 9.17) is 23.2 Å². The highest BCUT2D eigenvalue weighted by Gasteiger charge is 2.12. The maximum Gasteiger partial charge on any atom is 0.278 e. The van der Waals surface area contributed by atoms with Gasteiger partial charge < -0.3 is 0 Å². The summed E-state index contributed by atoms with van der Waals surface area (Å²) >= 11 is 11.7. The van der Waals surface area contributed by atoms with Gasteiger partial charge in [-0.3, -0.25) is 9.59 Å². The van der Waals surface area contributed by atoms with Crippen molar-refractivity contribution in [2.75, 3.05) is 0 Å². The van der Waals surface area contributed by atoms with Crippen LogP contribution in [-0.4, -0.2) is 20.8 Å². The molecule has 0 aliphatic carbocycles. The summed E-state index contributed by atoms with van der Waals surface area (Å²) in [6.45, 7) is -0.214. The number of fused-ring (bicyclic) bond motifs is 1. The van der Waals surface area contributed by atoms with Crippen LogP contribution in [-0.2, 0) is 6.54 Å². The standard InChI is InChI=1S/C15H9Cl2N3O2/c16-11-6-5-9(7-12(11)17)14(21)8-20-15(22)10-3-1-2-4-13(10)18-19-20/h1-7H,8H2. The third kappa shape index (κ3) is 2.73. The summed E-state index contributed by atoms with van der Waals surface area (Å²) in [6.07, 6.45) is 0. The minimum Gasteiger partial charge on any atom is -0.292 e. The molecule has 0 unspecified atom stereocenters. The van der Waals surface area contributed by atoms with Gasteiger partial charge in [0, 0.05) is 5.56 Å². The minimum absolute atomic E-state index is 0.214. The lowest BCUT2D eigenvalue weighted by Crippen LogP contribution is -2.27. The van der Waals surface area contributed by atoms with E-state index in [0.717, 1.165) is 4.68 Å². The molecule has 0 aliphatic rings. The number of halogens is 2. The first-order valence-corrected chi connectivity index (χ1v) is 7.12. The average molecular weight is 334 g/mol. The van der Waals surface area contributed by atoms with E-state index in [1.54, 1.807) is 30.3 Å². The molecule has 0 amide bonds. The maximum atomic E-state index is 12.3. The second-order valence-electron chi connectivity index (χ2n) is 4.62. The van der Waals surface area contributed by atoms with Crippen LogP contribution in [0.25, 0.3) is 10.9 Å². The lowest BCUT2D eigenvalue weighted by molar-refractivity contribution is 0.0964. The van der Waals surface area contributed by atoms with Crippen molar-refractivity contribution in [2.24, 2.45) is 0 Å². The van der Waals surface area contributed by atoms with E-state index in [0.29, 0.717) is 21.5 Å². The molecule has 0 saturated heterocycles. The van der Waals surface area contributed by atoms with Gasteiger partial charge in [0.2, 0.25) is 0 Å². The Hall–Kier alpha value is -2.24. The van der Waals surface area contributed by atoms with Gasteiger partial charge in [0.05, 0.1) is 15.4 Å². The van der Waals surface area contributed by atoms with E-state index in [2.05, 4.69) is 10.3 Å². The summed E-state index contributed by atoms with van der Waals surface area (Å²) in [4.78, 5) is 24.5. The Bertz CT molecular complexity index is 937. The molecular formula is C15H9Cl2N3O2. The lowest BCUT2D eigenvalue weighted by atomic mass is 10.1. The van der Waals surface area contributed by atoms with Crippen LogP contribution in [0.5, 0.6) is 0 Å². The van der Waals surface area contributed by atoms with E-state index in [1.165, 1.54) is 12.1 Å². The number of hydrogen-bond acceptors (Lipinski definition) is 4. The number of carbonyl (C=O) groups excluding carboxylic acids is 1. The third-order valence-corrected chi connectivity index (χ3v) is 3.90. The van der Waals surface area contributed by atoms with E-state index < -0.39 is 0 Å². The van der Waals surface area contributed by atoms with Gasteiger partial charge >= 0.3 is 0 Å². The molecule has 0 atom stereocenters. The molecule has 0 N–H and O–H groups in total. The second kappa shape index (κ2) is 5.87. The number of nitrogens with zero attached hydrogens (tertiary/aromatic N) is 3. The highest BCUT2D eigenvalue weighted by molar-refractivity contribution is 6.42. The lowest BCUT2D eigenvalue weighted by Gasteiger charge is -2.05. The quantitative estimate of drug-likeness (QED) is 0.691. The van der Waals surface area contributed by atoms with Crippen LogP contribution in [0, 0.1) is 0 Å². The minimum atomic E-state index is -0.362. The fraction of sp³-hybridized carbons (Fsp3) is 0.0667. The largest absolute Gasteiger partial charge is 0.292 e. The number of ketones is 1. The molecule has 3 rings (SSSR count). The maximum absolute atomic E-state index is 12.3. The van der Waals surface area contributed by atoms with Gasteiger partial charge in [-0.2, -0.15) is 0 Å². The van der Waals surface area contributed by atoms with E-state index >= 15 is 0 Å². The summed E-state index contributed by atoms with van der Waals surface area (Å²) in [5.74, 6) is -0.301. The van der Waals surface area contributed by atoms with Crippen LogP contribution < -0.4 is 5.56 Å². The molecule has 110 valence electrons. The summed E-state index contributed by atoms with van der Waals surface area (Å²) in [7, 11) is 0. The van der Waals surface area contributed by atoms with Crippen LogP contribution in [0.2, 0.25) is 10.0 Å². The zero-order valence-corrected chi connectivity index (χ0v) is 12.7. The molecule has 5 nitrogen and oxygen atoms in total. The van der Waals surface area contributed by atoms with Crippen molar-refractivity contribution < 1.29 is 4.79 Å². The fourth-order valence-electron chi connectivity index (χ4n) is 2.02. The van der Waals surface area contributed by atoms with Gasteiger partial charge in [-0.05, 0) is 30.3 Å². The van der Waals surface area contributed by atoms with E-state index in [-0.39, 0.29) is 22.9 Å². The van der Waals surface area contributed by atoms with Gasteiger partial charge in [0.25, 0.3) is 5.56 Å². The van der Waals surface area contributed by atoms with Crippen LogP contribution >= 0.6 is 23.2 Å². The van der Waals surface area contributed by atoms with Gasteiger partial charge in [0.15, 0.2) is 5.78 Å². The summed E-state index contributed by atoms with van der Waals surface area (Å²) in [6, 6.07) is 11.4.